The van der Waals surface area contributed by atoms with E-state index in [1.165, 1.54) is 11.1 Å². The van der Waals surface area contributed by atoms with E-state index in [0.29, 0.717) is 17.0 Å². The average Bonchev–Trinajstić information content (AvgIpc) is 3.41. The molecule has 0 spiro atoms. The molecule has 1 saturated carbocycles. The predicted molar refractivity (Wildman–Crippen MR) is 104 cm³/mol. The number of carboxylic acid groups (broad SMARTS) is 1. The Bertz CT molecular complexity index is 901. The molecule has 2 unspecified atom stereocenters. The molecule has 1 aliphatic carbocycles. The maximum absolute atomic E-state index is 11.6. The third-order valence-electron chi connectivity index (χ3n) is 5.62. The van der Waals surface area contributed by atoms with Gasteiger partial charge in [-0.2, -0.15) is 0 Å². The molecule has 2 aliphatic rings. The standard InChI is InChI=1S/C22H22ClNO2/c1-3-13-4-6-14(7-5-13)22-18-10-15(23)8-9-16(18)17-11-19(17)24(2)20(22)12-21(25)26/h4-10,17,19H,3,11-12H2,1-2H3,(H,25,26). The van der Waals surface area contributed by atoms with Gasteiger partial charge in [0.05, 0.1) is 6.42 Å². The third-order valence-corrected chi connectivity index (χ3v) is 5.86. The van der Waals surface area contributed by atoms with Gasteiger partial charge in [-0.3, -0.25) is 4.79 Å². The van der Waals surface area contributed by atoms with Gasteiger partial charge in [-0.1, -0.05) is 48.9 Å². The number of likely N-dealkylation sites (N-methyl/N-ethyl adjacent to an activating group) is 1. The highest BCUT2D eigenvalue weighted by Gasteiger charge is 2.46. The lowest BCUT2D eigenvalue weighted by Gasteiger charge is -2.24. The van der Waals surface area contributed by atoms with Crippen molar-refractivity contribution < 1.29 is 9.90 Å². The number of halogens is 1. The second kappa shape index (κ2) is 6.48. The maximum atomic E-state index is 11.6. The summed E-state index contributed by atoms with van der Waals surface area (Å²) >= 11 is 6.33. The molecule has 1 heterocycles. The van der Waals surface area contributed by atoms with Gasteiger partial charge in [0.15, 0.2) is 0 Å². The number of hydrogen-bond donors (Lipinski definition) is 1. The lowest BCUT2D eigenvalue weighted by molar-refractivity contribution is -0.136. The zero-order valence-electron chi connectivity index (χ0n) is 15.0. The first-order valence-corrected chi connectivity index (χ1v) is 9.44. The molecule has 3 nitrogen and oxygen atoms in total. The first-order valence-electron chi connectivity index (χ1n) is 9.06. The van der Waals surface area contributed by atoms with Crippen molar-refractivity contribution in [3.63, 3.8) is 0 Å². The van der Waals surface area contributed by atoms with Crippen LogP contribution in [0.3, 0.4) is 0 Å². The van der Waals surface area contributed by atoms with Crippen LogP contribution >= 0.6 is 11.6 Å². The van der Waals surface area contributed by atoms with E-state index >= 15 is 0 Å². The number of rotatable bonds is 4. The van der Waals surface area contributed by atoms with Crippen molar-refractivity contribution in [3.8, 4) is 0 Å². The van der Waals surface area contributed by atoms with Gasteiger partial charge in [0.1, 0.15) is 0 Å². The lowest BCUT2D eigenvalue weighted by Crippen LogP contribution is -2.23. The van der Waals surface area contributed by atoms with Gasteiger partial charge < -0.3 is 10.0 Å². The second-order valence-electron chi connectivity index (χ2n) is 7.19. The molecule has 0 bridgehead atoms. The molecule has 0 aromatic heterocycles. The van der Waals surface area contributed by atoms with Crippen LogP contribution in [0.15, 0.2) is 48.2 Å². The van der Waals surface area contributed by atoms with Crippen LogP contribution in [-0.4, -0.2) is 29.1 Å². The summed E-state index contributed by atoms with van der Waals surface area (Å²) in [6.07, 6.45) is 2.06. The highest BCUT2D eigenvalue weighted by molar-refractivity contribution is 6.30. The summed E-state index contributed by atoms with van der Waals surface area (Å²) in [5, 5.41) is 10.2. The summed E-state index contributed by atoms with van der Waals surface area (Å²) < 4.78 is 0. The fraction of sp³-hybridized carbons (Fsp3) is 0.318. The monoisotopic (exact) mass is 367 g/mol. The van der Waals surface area contributed by atoms with E-state index in [0.717, 1.165) is 35.2 Å². The van der Waals surface area contributed by atoms with Crippen LogP contribution in [0.5, 0.6) is 0 Å². The van der Waals surface area contributed by atoms with Gasteiger partial charge in [0.2, 0.25) is 0 Å². The first-order chi connectivity index (χ1) is 12.5. The average molecular weight is 368 g/mol. The van der Waals surface area contributed by atoms with Crippen molar-refractivity contribution in [3.05, 3.63) is 75.4 Å². The van der Waals surface area contributed by atoms with Crippen LogP contribution in [0.25, 0.3) is 5.57 Å². The third kappa shape index (κ3) is 2.90. The molecule has 4 heteroatoms. The van der Waals surface area contributed by atoms with Gasteiger partial charge in [-0.25, -0.2) is 0 Å². The fourth-order valence-electron chi connectivity index (χ4n) is 4.13. The largest absolute Gasteiger partial charge is 0.481 e. The van der Waals surface area contributed by atoms with E-state index in [2.05, 4.69) is 42.2 Å². The Morgan fingerprint density at radius 2 is 1.96 bits per heavy atom. The fourth-order valence-corrected chi connectivity index (χ4v) is 4.30. The number of carbonyl (C=O) groups is 1. The maximum Gasteiger partial charge on any atom is 0.309 e. The number of nitrogens with zero attached hydrogens (tertiary/aromatic N) is 1. The van der Waals surface area contributed by atoms with Crippen molar-refractivity contribution in [1.82, 2.24) is 4.90 Å². The topological polar surface area (TPSA) is 40.5 Å². The van der Waals surface area contributed by atoms with Gasteiger partial charge >= 0.3 is 5.97 Å². The first kappa shape index (κ1) is 17.2. The van der Waals surface area contributed by atoms with Crippen molar-refractivity contribution in [2.75, 3.05) is 7.05 Å². The Labute approximate surface area is 158 Å². The van der Waals surface area contributed by atoms with Crippen molar-refractivity contribution in [2.24, 2.45) is 0 Å². The molecular formula is C22H22ClNO2. The SMILES string of the molecule is CCc1ccc(C2=C(CC(=O)O)N(C)C3CC3c3ccc(Cl)cc32)cc1. The predicted octanol–water partition coefficient (Wildman–Crippen LogP) is 4.94. The Morgan fingerprint density at radius 1 is 1.23 bits per heavy atom. The number of aliphatic carboxylic acids is 1. The van der Waals surface area contributed by atoms with Gasteiger partial charge in [-0.15, -0.1) is 0 Å². The summed E-state index contributed by atoms with van der Waals surface area (Å²) in [6, 6.07) is 14.9. The molecule has 2 aromatic carbocycles. The second-order valence-corrected chi connectivity index (χ2v) is 7.63. The molecular weight excluding hydrogens is 346 g/mol. The molecule has 0 saturated heterocycles. The Hall–Kier alpha value is -2.26. The molecule has 0 amide bonds. The van der Waals surface area contributed by atoms with Crippen LogP contribution in [0, 0.1) is 0 Å². The normalized spacial score (nSPS) is 21.1. The van der Waals surface area contributed by atoms with E-state index < -0.39 is 5.97 Å². The van der Waals surface area contributed by atoms with E-state index in [4.69, 9.17) is 11.6 Å². The van der Waals surface area contributed by atoms with Gasteiger partial charge in [-0.05, 0) is 47.2 Å². The molecule has 1 aliphatic heterocycles. The molecule has 0 radical (unpaired) electrons. The van der Waals surface area contributed by atoms with Gasteiger partial charge in [0.25, 0.3) is 0 Å². The summed E-state index contributed by atoms with van der Waals surface area (Å²) in [5.74, 6) is -0.360. The number of fused-ring (bicyclic) bond motifs is 3. The zero-order valence-corrected chi connectivity index (χ0v) is 15.8. The molecule has 2 atom stereocenters. The minimum atomic E-state index is -0.808. The van der Waals surface area contributed by atoms with E-state index in [1.54, 1.807) is 0 Å². The number of carboxylic acids is 1. The van der Waals surface area contributed by atoms with Crippen LogP contribution in [0.2, 0.25) is 5.02 Å². The van der Waals surface area contributed by atoms with Gasteiger partial charge in [0, 0.05) is 35.3 Å². The molecule has 1 fully saturated rings. The van der Waals surface area contributed by atoms with Crippen LogP contribution < -0.4 is 0 Å². The number of aryl methyl sites for hydroxylation is 1. The minimum absolute atomic E-state index is 0.0105. The zero-order chi connectivity index (χ0) is 18.4. The lowest BCUT2D eigenvalue weighted by atomic mass is 9.89. The highest BCUT2D eigenvalue weighted by atomic mass is 35.5. The molecule has 134 valence electrons. The Kier molecular flexibility index (Phi) is 4.28. The molecule has 26 heavy (non-hydrogen) atoms. The Balaban J connectivity index is 1.97. The summed E-state index contributed by atoms with van der Waals surface area (Å²) in [5.41, 5.74) is 6.55. The molecule has 2 aromatic rings. The van der Waals surface area contributed by atoms with E-state index in [9.17, 15) is 9.90 Å². The van der Waals surface area contributed by atoms with Crippen molar-refractivity contribution >= 4 is 23.1 Å². The highest BCUT2D eigenvalue weighted by Crippen LogP contribution is 2.52. The van der Waals surface area contributed by atoms with E-state index in [1.807, 2.05) is 19.2 Å². The molecule has 1 N–H and O–H groups in total. The summed E-state index contributed by atoms with van der Waals surface area (Å²) in [6.45, 7) is 2.13. The number of hydrogen-bond acceptors (Lipinski definition) is 2. The van der Waals surface area contributed by atoms with Crippen LogP contribution in [0.4, 0.5) is 0 Å². The van der Waals surface area contributed by atoms with Crippen molar-refractivity contribution in [1.29, 1.82) is 0 Å². The summed E-state index contributed by atoms with van der Waals surface area (Å²) in [7, 11) is 2.02. The smallest absolute Gasteiger partial charge is 0.309 e. The Morgan fingerprint density at radius 3 is 2.62 bits per heavy atom. The van der Waals surface area contributed by atoms with E-state index in [-0.39, 0.29) is 6.42 Å². The van der Waals surface area contributed by atoms with Crippen molar-refractivity contribution in [2.45, 2.75) is 38.1 Å². The molecule has 4 rings (SSSR count). The minimum Gasteiger partial charge on any atom is -0.481 e. The quantitative estimate of drug-likeness (QED) is 0.832. The van der Waals surface area contributed by atoms with Crippen LogP contribution in [0.1, 0.15) is 47.9 Å². The number of benzene rings is 2. The van der Waals surface area contributed by atoms with Crippen LogP contribution in [-0.2, 0) is 11.2 Å². The summed E-state index contributed by atoms with van der Waals surface area (Å²) in [4.78, 5) is 13.8.